The van der Waals surface area contributed by atoms with E-state index in [1.807, 2.05) is 11.0 Å². The molecule has 7 nitrogen and oxygen atoms in total. The number of nitrogens with one attached hydrogen (secondary N) is 1. The number of fused-ring (bicyclic) bond motifs is 1. The van der Waals surface area contributed by atoms with Gasteiger partial charge < -0.3 is 15.1 Å². The molecule has 3 saturated heterocycles. The number of hydrogen-bond acceptors (Lipinski definition) is 4. The Morgan fingerprint density at radius 3 is 2.28 bits per heavy atom. The topological polar surface area (TPSA) is 73.0 Å². The second kappa shape index (κ2) is 7.05. The van der Waals surface area contributed by atoms with Gasteiger partial charge in [-0.1, -0.05) is 30.3 Å². The van der Waals surface area contributed by atoms with Crippen LogP contribution in [0.2, 0.25) is 0 Å². The van der Waals surface area contributed by atoms with Crippen LogP contribution >= 0.6 is 0 Å². The van der Waals surface area contributed by atoms with Crippen molar-refractivity contribution in [3.05, 3.63) is 35.9 Å². The SMILES string of the molecule is CC(=O)N1CCN([C@@H](C(=O)N2C[C@]3(F)CNC(=O)[C@]3(F)C2)c2ccccc2)CC1. The minimum Gasteiger partial charge on any atom is -0.350 e. The van der Waals surface area contributed by atoms with Crippen LogP contribution in [0.5, 0.6) is 0 Å². The molecule has 29 heavy (non-hydrogen) atoms. The molecule has 3 heterocycles. The lowest BCUT2D eigenvalue weighted by Gasteiger charge is -2.39. The largest absolute Gasteiger partial charge is 0.350 e. The number of hydrogen-bond donors (Lipinski definition) is 1. The first-order valence-electron chi connectivity index (χ1n) is 9.75. The van der Waals surface area contributed by atoms with Gasteiger partial charge in [0.15, 0.2) is 5.67 Å². The van der Waals surface area contributed by atoms with E-state index in [0.29, 0.717) is 26.2 Å². The minimum absolute atomic E-state index is 0.0237. The van der Waals surface area contributed by atoms with Gasteiger partial charge in [0.25, 0.3) is 5.91 Å². The molecule has 0 spiro atoms. The molecule has 1 N–H and O–H groups in total. The first-order valence-corrected chi connectivity index (χ1v) is 9.75. The molecule has 0 radical (unpaired) electrons. The number of amides is 3. The van der Waals surface area contributed by atoms with Crippen molar-refractivity contribution >= 4 is 17.7 Å². The third-order valence-corrected chi connectivity index (χ3v) is 6.24. The van der Waals surface area contributed by atoms with Crippen LogP contribution in [0.15, 0.2) is 30.3 Å². The summed E-state index contributed by atoms with van der Waals surface area (Å²) in [6.07, 6.45) is 0. The number of rotatable bonds is 3. The molecule has 3 amide bonds. The lowest BCUT2D eigenvalue weighted by Crippen LogP contribution is -2.53. The zero-order valence-corrected chi connectivity index (χ0v) is 16.2. The van der Waals surface area contributed by atoms with Crippen molar-refractivity contribution in [1.82, 2.24) is 20.0 Å². The molecule has 4 rings (SSSR count). The Labute approximate surface area is 167 Å². The van der Waals surface area contributed by atoms with E-state index >= 15 is 8.78 Å². The van der Waals surface area contributed by atoms with Crippen LogP contribution in [0.3, 0.4) is 0 Å². The van der Waals surface area contributed by atoms with E-state index in [1.165, 1.54) is 6.92 Å². The molecule has 0 bridgehead atoms. The van der Waals surface area contributed by atoms with Crippen LogP contribution in [0, 0.1) is 0 Å². The predicted octanol–water partition coefficient (Wildman–Crippen LogP) is 0.280. The lowest BCUT2D eigenvalue weighted by atomic mass is 9.93. The Hall–Kier alpha value is -2.55. The van der Waals surface area contributed by atoms with Gasteiger partial charge in [-0.25, -0.2) is 8.78 Å². The summed E-state index contributed by atoms with van der Waals surface area (Å²) in [5.41, 5.74) is -4.40. The van der Waals surface area contributed by atoms with E-state index in [2.05, 4.69) is 5.32 Å². The van der Waals surface area contributed by atoms with E-state index in [1.54, 1.807) is 29.2 Å². The summed E-state index contributed by atoms with van der Waals surface area (Å²) in [5.74, 6) is -1.45. The normalized spacial score (nSPS) is 30.8. The number of benzene rings is 1. The fourth-order valence-electron chi connectivity index (χ4n) is 4.49. The van der Waals surface area contributed by atoms with Crippen LogP contribution in [0.25, 0.3) is 0 Å². The smallest absolute Gasteiger partial charge is 0.263 e. The molecule has 3 aliphatic heterocycles. The summed E-state index contributed by atoms with van der Waals surface area (Å²) >= 11 is 0. The van der Waals surface area contributed by atoms with Crippen molar-refractivity contribution in [2.45, 2.75) is 24.3 Å². The van der Waals surface area contributed by atoms with Crippen LogP contribution in [0.4, 0.5) is 8.78 Å². The molecular formula is C20H24F2N4O3. The Morgan fingerprint density at radius 2 is 1.69 bits per heavy atom. The van der Waals surface area contributed by atoms with Gasteiger partial charge in [-0.05, 0) is 5.56 Å². The van der Waals surface area contributed by atoms with E-state index in [4.69, 9.17) is 0 Å². The van der Waals surface area contributed by atoms with Crippen molar-refractivity contribution in [2.75, 3.05) is 45.8 Å². The quantitative estimate of drug-likeness (QED) is 0.783. The van der Waals surface area contributed by atoms with Gasteiger partial charge in [0, 0.05) is 33.1 Å². The maximum absolute atomic E-state index is 15.1. The number of nitrogens with zero attached hydrogens (tertiary/aromatic N) is 3. The average Bonchev–Trinajstić information content (AvgIpc) is 3.11. The van der Waals surface area contributed by atoms with Gasteiger partial charge in [0.2, 0.25) is 17.5 Å². The Kier molecular flexibility index (Phi) is 4.80. The van der Waals surface area contributed by atoms with Gasteiger partial charge in [-0.3, -0.25) is 19.3 Å². The fourth-order valence-corrected chi connectivity index (χ4v) is 4.49. The van der Waals surface area contributed by atoms with Crippen molar-refractivity contribution in [1.29, 1.82) is 0 Å². The van der Waals surface area contributed by atoms with Gasteiger partial charge in [0.1, 0.15) is 6.04 Å². The van der Waals surface area contributed by atoms with Crippen LogP contribution < -0.4 is 5.32 Å². The van der Waals surface area contributed by atoms with Crippen molar-refractivity contribution in [2.24, 2.45) is 0 Å². The maximum Gasteiger partial charge on any atom is 0.263 e. The highest BCUT2D eigenvalue weighted by molar-refractivity contribution is 5.93. The molecule has 3 atom stereocenters. The van der Waals surface area contributed by atoms with E-state index in [-0.39, 0.29) is 5.91 Å². The van der Waals surface area contributed by atoms with Crippen LogP contribution in [0.1, 0.15) is 18.5 Å². The number of likely N-dealkylation sites (tertiary alicyclic amines) is 1. The standard InChI is InChI=1S/C20H24F2N4O3/c1-14(27)24-7-9-25(10-8-24)16(15-5-3-2-4-6-15)17(28)26-12-19(21)11-23-18(29)20(19,22)13-26/h2-6,16H,7-13H2,1H3,(H,23,29)/t16-,19-,20-/m1/s1. The van der Waals surface area contributed by atoms with Crippen LogP contribution in [-0.4, -0.2) is 89.6 Å². The molecule has 9 heteroatoms. The summed E-state index contributed by atoms with van der Waals surface area (Å²) in [6, 6.07) is 8.33. The molecule has 1 aromatic rings. The summed E-state index contributed by atoms with van der Waals surface area (Å²) in [4.78, 5) is 41.7. The highest BCUT2D eigenvalue weighted by Crippen LogP contribution is 2.43. The zero-order valence-electron chi connectivity index (χ0n) is 16.2. The van der Waals surface area contributed by atoms with Crippen molar-refractivity contribution in [3.8, 4) is 0 Å². The lowest BCUT2D eigenvalue weighted by molar-refractivity contribution is -0.139. The predicted molar refractivity (Wildman–Crippen MR) is 100 cm³/mol. The molecule has 0 saturated carbocycles. The molecule has 3 aliphatic rings. The first kappa shape index (κ1) is 19.8. The molecule has 156 valence electrons. The van der Waals surface area contributed by atoms with E-state index < -0.39 is 48.8 Å². The van der Waals surface area contributed by atoms with E-state index in [0.717, 1.165) is 10.5 Å². The third-order valence-electron chi connectivity index (χ3n) is 6.24. The second-order valence-corrected chi connectivity index (χ2v) is 8.00. The Morgan fingerprint density at radius 1 is 1.03 bits per heavy atom. The molecule has 3 fully saturated rings. The van der Waals surface area contributed by atoms with Crippen molar-refractivity contribution < 1.29 is 23.2 Å². The number of carbonyl (C=O) groups is 3. The number of carbonyl (C=O) groups excluding carboxylic acids is 3. The van der Waals surface area contributed by atoms with Crippen LogP contribution in [-0.2, 0) is 14.4 Å². The third kappa shape index (κ3) is 3.17. The monoisotopic (exact) mass is 406 g/mol. The highest BCUT2D eigenvalue weighted by atomic mass is 19.2. The number of piperazine rings is 1. The molecular weight excluding hydrogens is 382 g/mol. The van der Waals surface area contributed by atoms with Gasteiger partial charge in [-0.2, -0.15) is 0 Å². The van der Waals surface area contributed by atoms with Gasteiger partial charge in [-0.15, -0.1) is 0 Å². The number of alkyl halides is 2. The molecule has 0 aromatic heterocycles. The maximum atomic E-state index is 15.1. The molecule has 1 aromatic carbocycles. The first-order chi connectivity index (χ1) is 13.7. The summed E-state index contributed by atoms with van der Waals surface area (Å²) in [7, 11) is 0. The minimum atomic E-state index is -2.71. The Bertz CT molecular complexity index is 830. The van der Waals surface area contributed by atoms with Gasteiger partial charge in [0.05, 0.1) is 19.6 Å². The Balaban J connectivity index is 1.59. The summed E-state index contributed by atoms with van der Waals surface area (Å²) in [5, 5.41) is 2.23. The zero-order chi connectivity index (χ0) is 20.8. The van der Waals surface area contributed by atoms with Gasteiger partial charge >= 0.3 is 0 Å². The summed E-state index contributed by atoms with van der Waals surface area (Å²) in [6.45, 7) is 1.93. The second-order valence-electron chi connectivity index (χ2n) is 8.00. The fraction of sp³-hybridized carbons (Fsp3) is 0.550. The summed E-state index contributed by atoms with van der Waals surface area (Å²) < 4.78 is 30.2. The molecule has 0 aliphatic carbocycles. The molecule has 0 unspecified atom stereocenters. The average molecular weight is 406 g/mol. The number of halogens is 2. The van der Waals surface area contributed by atoms with Crippen molar-refractivity contribution in [3.63, 3.8) is 0 Å². The highest BCUT2D eigenvalue weighted by Gasteiger charge is 2.69. The van der Waals surface area contributed by atoms with E-state index in [9.17, 15) is 14.4 Å².